The van der Waals surface area contributed by atoms with Crippen LogP contribution in [-0.4, -0.2) is 24.9 Å². The molecule has 1 heterocycles. The largest absolute Gasteiger partial charge is 0.493 e. The van der Waals surface area contributed by atoms with E-state index in [9.17, 15) is 0 Å². The van der Waals surface area contributed by atoms with Gasteiger partial charge in [0, 0.05) is 12.0 Å². The lowest BCUT2D eigenvalue weighted by atomic mass is 10.1. The van der Waals surface area contributed by atoms with Gasteiger partial charge in [-0.2, -0.15) is 0 Å². The van der Waals surface area contributed by atoms with Crippen molar-refractivity contribution in [3.05, 3.63) is 65.2 Å². The summed E-state index contributed by atoms with van der Waals surface area (Å²) in [5, 5.41) is 7.76. The van der Waals surface area contributed by atoms with Crippen molar-refractivity contribution in [2.24, 2.45) is 10.7 Å². The Kier molecular flexibility index (Phi) is 4.68. The highest BCUT2D eigenvalue weighted by Gasteiger charge is 2.22. The van der Waals surface area contributed by atoms with Crippen molar-refractivity contribution >= 4 is 11.7 Å². The molecular formula is C18H19N3O2. The van der Waals surface area contributed by atoms with Crippen molar-refractivity contribution < 1.29 is 9.47 Å². The Labute approximate surface area is 135 Å². The summed E-state index contributed by atoms with van der Waals surface area (Å²) in [5.74, 6) is 1.21. The normalized spacial score (nSPS) is 12.9. The zero-order chi connectivity index (χ0) is 16.1. The van der Waals surface area contributed by atoms with E-state index in [2.05, 4.69) is 4.99 Å². The Morgan fingerprint density at radius 1 is 1.00 bits per heavy atom. The molecule has 0 aromatic heterocycles. The van der Waals surface area contributed by atoms with E-state index in [4.69, 9.17) is 20.6 Å². The number of fused-ring (bicyclic) bond motifs is 1. The molecule has 0 saturated heterocycles. The van der Waals surface area contributed by atoms with Gasteiger partial charge in [-0.25, -0.2) is 4.99 Å². The fraction of sp³-hybridized carbons (Fsp3) is 0.222. The first-order chi connectivity index (χ1) is 11.3. The molecule has 5 heteroatoms. The van der Waals surface area contributed by atoms with E-state index in [1.54, 1.807) is 0 Å². The predicted octanol–water partition coefficient (Wildman–Crippen LogP) is 2.72. The number of hydrogen-bond donors (Lipinski definition) is 2. The Bertz CT molecular complexity index is 726. The van der Waals surface area contributed by atoms with Gasteiger partial charge in [-0.05, 0) is 11.6 Å². The third-order valence-electron chi connectivity index (χ3n) is 3.57. The molecule has 1 aliphatic rings. The molecule has 0 aliphatic carbocycles. The Balaban J connectivity index is 1.45. The van der Waals surface area contributed by atoms with E-state index >= 15 is 0 Å². The molecule has 2 aromatic carbocycles. The lowest BCUT2D eigenvalue weighted by Crippen LogP contribution is -2.13. The first-order valence-electron chi connectivity index (χ1n) is 7.56. The molecule has 2 aromatic rings. The molecule has 0 fully saturated rings. The highest BCUT2D eigenvalue weighted by atomic mass is 16.5. The van der Waals surface area contributed by atoms with E-state index in [1.165, 1.54) is 0 Å². The van der Waals surface area contributed by atoms with Gasteiger partial charge >= 0.3 is 0 Å². The first-order valence-corrected chi connectivity index (χ1v) is 7.56. The third kappa shape index (κ3) is 3.57. The Hall–Kier alpha value is -2.66. The number of hydrogen-bond acceptors (Lipinski definition) is 4. The summed E-state index contributed by atoms with van der Waals surface area (Å²) >= 11 is 0. The number of amidine groups is 2. The topological polar surface area (TPSA) is 80.7 Å². The van der Waals surface area contributed by atoms with E-state index in [-0.39, 0.29) is 5.84 Å². The maximum Gasteiger partial charge on any atom is 0.155 e. The maximum absolute atomic E-state index is 7.76. The quantitative estimate of drug-likeness (QED) is 0.772. The van der Waals surface area contributed by atoms with Crippen LogP contribution in [0.1, 0.15) is 23.1 Å². The van der Waals surface area contributed by atoms with Crippen molar-refractivity contribution in [2.75, 3.05) is 13.2 Å². The summed E-state index contributed by atoms with van der Waals surface area (Å²) in [6.07, 6.45) is 0.783. The van der Waals surface area contributed by atoms with Crippen LogP contribution in [0, 0.1) is 5.41 Å². The molecule has 0 spiro atoms. The van der Waals surface area contributed by atoms with Crippen LogP contribution < -0.4 is 10.5 Å². The van der Waals surface area contributed by atoms with Gasteiger partial charge in [0.05, 0.1) is 25.4 Å². The van der Waals surface area contributed by atoms with Gasteiger partial charge in [0.2, 0.25) is 0 Å². The summed E-state index contributed by atoms with van der Waals surface area (Å²) < 4.78 is 11.4. The van der Waals surface area contributed by atoms with Crippen LogP contribution in [0.5, 0.6) is 5.75 Å². The second kappa shape index (κ2) is 7.07. The average molecular weight is 309 g/mol. The molecule has 5 nitrogen and oxygen atoms in total. The third-order valence-corrected chi connectivity index (χ3v) is 3.57. The van der Waals surface area contributed by atoms with E-state index in [1.807, 2.05) is 48.5 Å². The maximum atomic E-state index is 7.76. The molecule has 0 atom stereocenters. The van der Waals surface area contributed by atoms with E-state index < -0.39 is 0 Å². The van der Waals surface area contributed by atoms with Crippen molar-refractivity contribution in [3.8, 4) is 5.75 Å². The number of nitrogens with two attached hydrogens (primary N) is 1. The highest BCUT2D eigenvalue weighted by molar-refractivity contribution is 6.22. The van der Waals surface area contributed by atoms with E-state index in [0.29, 0.717) is 31.4 Å². The average Bonchev–Trinajstić information content (AvgIpc) is 2.87. The lowest BCUT2D eigenvalue weighted by Gasteiger charge is -2.11. The van der Waals surface area contributed by atoms with Crippen LogP contribution in [0.25, 0.3) is 0 Å². The zero-order valence-electron chi connectivity index (χ0n) is 12.8. The van der Waals surface area contributed by atoms with Gasteiger partial charge in [-0.1, -0.05) is 42.5 Å². The van der Waals surface area contributed by atoms with Gasteiger partial charge in [0.1, 0.15) is 11.6 Å². The van der Waals surface area contributed by atoms with Crippen molar-refractivity contribution in [1.29, 1.82) is 5.41 Å². The van der Waals surface area contributed by atoms with Crippen LogP contribution in [0.4, 0.5) is 0 Å². The fourth-order valence-corrected chi connectivity index (χ4v) is 2.46. The number of nitrogens with one attached hydrogen (secondary N) is 1. The first kappa shape index (κ1) is 15.2. The Morgan fingerprint density at radius 2 is 1.83 bits per heavy atom. The predicted molar refractivity (Wildman–Crippen MR) is 90.2 cm³/mol. The van der Waals surface area contributed by atoms with Crippen molar-refractivity contribution in [1.82, 2.24) is 0 Å². The molecule has 3 rings (SSSR count). The van der Waals surface area contributed by atoms with Gasteiger partial charge < -0.3 is 15.2 Å². The van der Waals surface area contributed by atoms with Gasteiger partial charge in [0.25, 0.3) is 0 Å². The summed E-state index contributed by atoms with van der Waals surface area (Å²) in [5.41, 5.74) is 8.47. The molecule has 0 saturated carbocycles. The molecule has 118 valence electrons. The minimum atomic E-state index is 0.189. The molecule has 0 bridgehead atoms. The molecule has 0 radical (unpaired) electrons. The number of rotatable bonds is 7. The smallest absolute Gasteiger partial charge is 0.155 e. The Morgan fingerprint density at radius 3 is 2.65 bits per heavy atom. The molecule has 0 amide bonds. The summed E-state index contributed by atoms with van der Waals surface area (Å²) in [4.78, 5) is 3.98. The summed E-state index contributed by atoms with van der Waals surface area (Å²) in [6.45, 7) is 1.77. The molecule has 1 aliphatic heterocycles. The minimum absolute atomic E-state index is 0.189. The van der Waals surface area contributed by atoms with Crippen LogP contribution in [0.15, 0.2) is 53.5 Å². The van der Waals surface area contributed by atoms with Crippen LogP contribution in [0.3, 0.4) is 0 Å². The van der Waals surface area contributed by atoms with Crippen molar-refractivity contribution in [2.45, 2.75) is 13.0 Å². The van der Waals surface area contributed by atoms with Crippen LogP contribution in [0.2, 0.25) is 0 Å². The highest BCUT2D eigenvalue weighted by Crippen LogP contribution is 2.27. The molecule has 0 unspecified atom stereocenters. The van der Waals surface area contributed by atoms with Crippen LogP contribution in [-0.2, 0) is 11.3 Å². The zero-order valence-corrected chi connectivity index (χ0v) is 12.8. The van der Waals surface area contributed by atoms with Gasteiger partial charge in [-0.3, -0.25) is 5.41 Å². The lowest BCUT2D eigenvalue weighted by molar-refractivity contribution is 0.107. The van der Waals surface area contributed by atoms with Gasteiger partial charge in [-0.15, -0.1) is 0 Å². The fourth-order valence-electron chi connectivity index (χ4n) is 2.46. The standard InChI is InChI=1S/C18H19N3O2/c19-17-14-8-4-9-15(16(14)18(20)21-17)23-11-5-10-22-12-13-6-2-1-3-7-13/h1-4,6-9H,5,10-12H2,(H3,19,20,21). The van der Waals surface area contributed by atoms with Crippen LogP contribution >= 0.6 is 0 Å². The number of benzene rings is 2. The summed E-state index contributed by atoms with van der Waals surface area (Å²) in [7, 11) is 0. The summed E-state index contributed by atoms with van der Waals surface area (Å²) in [6, 6.07) is 15.6. The van der Waals surface area contributed by atoms with Gasteiger partial charge in [0.15, 0.2) is 5.84 Å². The minimum Gasteiger partial charge on any atom is -0.493 e. The number of nitrogens with zero attached hydrogens (tertiary/aromatic N) is 1. The monoisotopic (exact) mass is 309 g/mol. The van der Waals surface area contributed by atoms with Crippen molar-refractivity contribution in [3.63, 3.8) is 0 Å². The SMILES string of the molecule is N=C1N=C(N)c2c(OCCCOCc3ccccc3)cccc21. The molecular weight excluding hydrogens is 290 g/mol. The second-order valence-electron chi connectivity index (χ2n) is 5.26. The van der Waals surface area contributed by atoms with E-state index in [0.717, 1.165) is 23.1 Å². The molecule has 3 N–H and O–H groups in total. The molecule has 23 heavy (non-hydrogen) atoms. The number of aliphatic imine (C=N–C) groups is 1. The second-order valence-corrected chi connectivity index (χ2v) is 5.26. The number of ether oxygens (including phenoxy) is 2.